The molecule has 1 aromatic heterocycles. The van der Waals surface area contributed by atoms with Gasteiger partial charge in [0.05, 0.1) is 6.26 Å². The zero-order valence-electron chi connectivity index (χ0n) is 5.78. The Bertz CT molecular complexity index is 167. The summed E-state index contributed by atoms with van der Waals surface area (Å²) in [6, 6.07) is 3.57. The van der Waals surface area contributed by atoms with E-state index in [0.29, 0.717) is 6.61 Å². The van der Waals surface area contributed by atoms with Crippen molar-refractivity contribution in [3.05, 3.63) is 24.2 Å². The van der Waals surface area contributed by atoms with Crippen LogP contribution < -0.4 is 0 Å². The van der Waals surface area contributed by atoms with Gasteiger partial charge in [0.2, 0.25) is 0 Å². The number of hydrogen-bond acceptors (Lipinski definition) is 3. The number of ether oxygens (including phenoxy) is 1. The molecule has 0 saturated heterocycles. The third-order valence-corrected chi connectivity index (χ3v) is 1.05. The van der Waals surface area contributed by atoms with E-state index >= 15 is 0 Å². The fourth-order valence-electron chi connectivity index (χ4n) is 0.597. The van der Waals surface area contributed by atoms with Gasteiger partial charge in [-0.15, -0.1) is 0 Å². The highest BCUT2D eigenvalue weighted by Gasteiger charge is 1.97. The van der Waals surface area contributed by atoms with Gasteiger partial charge in [0.1, 0.15) is 12.4 Å². The van der Waals surface area contributed by atoms with Crippen molar-refractivity contribution in [1.29, 1.82) is 0 Å². The Morgan fingerprint density at radius 3 is 3.10 bits per heavy atom. The summed E-state index contributed by atoms with van der Waals surface area (Å²) >= 11 is 0. The van der Waals surface area contributed by atoms with E-state index in [1.165, 1.54) is 0 Å². The van der Waals surface area contributed by atoms with Crippen molar-refractivity contribution < 1.29 is 14.3 Å². The van der Waals surface area contributed by atoms with E-state index < -0.39 is 6.29 Å². The molecule has 3 heteroatoms. The highest BCUT2D eigenvalue weighted by Crippen LogP contribution is 2.02. The monoisotopic (exact) mass is 142 g/mol. The van der Waals surface area contributed by atoms with Crippen LogP contribution in [-0.2, 0) is 11.3 Å². The average Bonchev–Trinajstić information content (AvgIpc) is 2.34. The van der Waals surface area contributed by atoms with Gasteiger partial charge in [-0.05, 0) is 19.1 Å². The molecule has 1 aromatic rings. The Morgan fingerprint density at radius 2 is 2.60 bits per heavy atom. The number of aliphatic hydroxyl groups is 1. The lowest BCUT2D eigenvalue weighted by molar-refractivity contribution is -0.0981. The first kappa shape index (κ1) is 7.31. The van der Waals surface area contributed by atoms with Crippen molar-refractivity contribution in [2.24, 2.45) is 0 Å². The second kappa shape index (κ2) is 3.39. The molecule has 0 spiro atoms. The summed E-state index contributed by atoms with van der Waals surface area (Å²) < 4.78 is 9.80. The predicted molar refractivity (Wildman–Crippen MR) is 35.2 cm³/mol. The lowest BCUT2D eigenvalue weighted by atomic mass is 10.5. The van der Waals surface area contributed by atoms with Crippen LogP contribution in [0, 0.1) is 0 Å². The zero-order chi connectivity index (χ0) is 7.40. The highest BCUT2D eigenvalue weighted by atomic mass is 16.6. The summed E-state index contributed by atoms with van der Waals surface area (Å²) in [7, 11) is 0. The first-order chi connectivity index (χ1) is 4.79. The minimum absolute atomic E-state index is 0.324. The van der Waals surface area contributed by atoms with Gasteiger partial charge in [0, 0.05) is 0 Å². The van der Waals surface area contributed by atoms with E-state index in [0.717, 1.165) is 5.76 Å². The summed E-state index contributed by atoms with van der Waals surface area (Å²) in [4.78, 5) is 0. The van der Waals surface area contributed by atoms with Gasteiger partial charge in [-0.3, -0.25) is 0 Å². The summed E-state index contributed by atoms with van der Waals surface area (Å²) in [5.41, 5.74) is 0. The van der Waals surface area contributed by atoms with E-state index in [1.807, 2.05) is 0 Å². The van der Waals surface area contributed by atoms with Crippen LogP contribution >= 0.6 is 0 Å². The maximum absolute atomic E-state index is 8.69. The van der Waals surface area contributed by atoms with E-state index in [2.05, 4.69) is 0 Å². The minimum Gasteiger partial charge on any atom is -0.467 e. The molecule has 0 aliphatic carbocycles. The first-order valence-corrected chi connectivity index (χ1v) is 3.11. The predicted octanol–water partition coefficient (Wildman–Crippen LogP) is 1.13. The van der Waals surface area contributed by atoms with Gasteiger partial charge in [0.25, 0.3) is 0 Å². The molecule has 0 bridgehead atoms. The van der Waals surface area contributed by atoms with Crippen LogP contribution in [0.25, 0.3) is 0 Å². The maximum Gasteiger partial charge on any atom is 0.152 e. The van der Waals surface area contributed by atoms with Crippen LogP contribution in [0.5, 0.6) is 0 Å². The summed E-state index contributed by atoms with van der Waals surface area (Å²) in [5, 5.41) is 8.69. The summed E-state index contributed by atoms with van der Waals surface area (Å²) in [5.74, 6) is 0.723. The lowest BCUT2D eigenvalue weighted by Gasteiger charge is -2.02. The van der Waals surface area contributed by atoms with E-state index in [9.17, 15) is 0 Å². The second-order valence-electron chi connectivity index (χ2n) is 1.99. The molecule has 0 fully saturated rings. The largest absolute Gasteiger partial charge is 0.467 e. The van der Waals surface area contributed by atoms with E-state index in [-0.39, 0.29) is 0 Å². The molecule has 1 atom stereocenters. The first-order valence-electron chi connectivity index (χ1n) is 3.11. The molecule has 0 saturated carbocycles. The van der Waals surface area contributed by atoms with Crippen LogP contribution in [0.2, 0.25) is 0 Å². The third-order valence-electron chi connectivity index (χ3n) is 1.05. The van der Waals surface area contributed by atoms with Crippen molar-refractivity contribution in [2.75, 3.05) is 0 Å². The van der Waals surface area contributed by atoms with Gasteiger partial charge >= 0.3 is 0 Å². The molecule has 0 aromatic carbocycles. The molecule has 0 aliphatic heterocycles. The minimum atomic E-state index is -0.731. The maximum atomic E-state index is 8.69. The van der Waals surface area contributed by atoms with Crippen LogP contribution in [0.4, 0.5) is 0 Å². The molecule has 56 valence electrons. The van der Waals surface area contributed by atoms with Crippen LogP contribution in [0.3, 0.4) is 0 Å². The SMILES string of the molecule is CC(O)OCc1ccco1. The van der Waals surface area contributed by atoms with Crippen LogP contribution in [0.15, 0.2) is 22.8 Å². The van der Waals surface area contributed by atoms with Gasteiger partial charge in [0.15, 0.2) is 6.29 Å². The molecular weight excluding hydrogens is 132 g/mol. The molecule has 0 aliphatic rings. The number of hydrogen-bond donors (Lipinski definition) is 1. The van der Waals surface area contributed by atoms with Gasteiger partial charge in [-0.1, -0.05) is 0 Å². The lowest BCUT2D eigenvalue weighted by Crippen LogP contribution is -2.05. The van der Waals surface area contributed by atoms with Crippen molar-refractivity contribution in [1.82, 2.24) is 0 Å². The highest BCUT2D eigenvalue weighted by molar-refractivity contribution is 4.95. The van der Waals surface area contributed by atoms with Gasteiger partial charge in [-0.25, -0.2) is 0 Å². The Kier molecular flexibility index (Phi) is 2.48. The van der Waals surface area contributed by atoms with Crippen LogP contribution in [-0.4, -0.2) is 11.4 Å². The second-order valence-corrected chi connectivity index (χ2v) is 1.99. The van der Waals surface area contributed by atoms with Crippen molar-refractivity contribution in [3.8, 4) is 0 Å². The average molecular weight is 142 g/mol. The summed E-state index contributed by atoms with van der Waals surface area (Å²) in [6.07, 6.45) is 0.839. The quantitative estimate of drug-likeness (QED) is 0.643. The van der Waals surface area contributed by atoms with Crippen molar-refractivity contribution >= 4 is 0 Å². The fraction of sp³-hybridized carbons (Fsp3) is 0.429. The Balaban J connectivity index is 2.28. The van der Waals surface area contributed by atoms with Crippen LogP contribution in [0.1, 0.15) is 12.7 Å². The van der Waals surface area contributed by atoms with E-state index in [4.69, 9.17) is 14.3 Å². The molecule has 0 amide bonds. The van der Waals surface area contributed by atoms with Gasteiger partial charge in [-0.2, -0.15) is 0 Å². The Labute approximate surface area is 59.2 Å². The summed E-state index contributed by atoms with van der Waals surface area (Å²) in [6.45, 7) is 1.88. The molecule has 3 nitrogen and oxygen atoms in total. The molecular formula is C7H10O3. The van der Waals surface area contributed by atoms with Gasteiger partial charge < -0.3 is 14.3 Å². The van der Waals surface area contributed by atoms with Crippen molar-refractivity contribution in [3.63, 3.8) is 0 Å². The normalized spacial score (nSPS) is 13.4. The molecule has 1 unspecified atom stereocenters. The molecule has 10 heavy (non-hydrogen) atoms. The number of rotatable bonds is 3. The molecule has 0 radical (unpaired) electrons. The smallest absolute Gasteiger partial charge is 0.152 e. The zero-order valence-corrected chi connectivity index (χ0v) is 5.78. The molecule has 1 N–H and O–H groups in total. The molecule has 1 rings (SSSR count). The standard InChI is InChI=1S/C7H10O3/c1-6(8)10-5-7-3-2-4-9-7/h2-4,6,8H,5H2,1H3. The fourth-order valence-corrected chi connectivity index (χ4v) is 0.597. The topological polar surface area (TPSA) is 42.6 Å². The number of aliphatic hydroxyl groups excluding tert-OH is 1. The Morgan fingerprint density at radius 1 is 1.80 bits per heavy atom. The van der Waals surface area contributed by atoms with Crippen molar-refractivity contribution in [2.45, 2.75) is 19.8 Å². The molecule has 1 heterocycles. The number of furan rings is 1. The Hall–Kier alpha value is -0.800. The third kappa shape index (κ3) is 2.21. The van der Waals surface area contributed by atoms with E-state index in [1.54, 1.807) is 25.3 Å².